The maximum Gasteiger partial charge on any atom is 0.352 e. The molecule has 1 saturated heterocycles. The van der Waals surface area contributed by atoms with Crippen molar-refractivity contribution in [3.63, 3.8) is 0 Å². The number of carbonyl (C=O) groups is 3. The van der Waals surface area contributed by atoms with Gasteiger partial charge in [0.05, 0.1) is 0 Å². The summed E-state index contributed by atoms with van der Waals surface area (Å²) in [5, 5.41) is 8.52. The van der Waals surface area contributed by atoms with Crippen LogP contribution in [0.2, 0.25) is 0 Å². The molecule has 0 aromatic carbocycles. The standard InChI is InChI=1S/C9H10BrNO4S/c1-4(2)6(9(14)15)11-7(13)5(10)8(11)16-3-12/h3,5,8H,1-2H3,(H,14,15)/t5-,8+/m0/s1. The number of hydrogen-bond donors (Lipinski definition) is 1. The number of halogens is 1. The third-order valence-corrected chi connectivity index (χ3v) is 4.21. The van der Waals surface area contributed by atoms with Crippen molar-refractivity contribution in [2.75, 3.05) is 0 Å². The number of carboxylic acid groups (broad SMARTS) is 1. The van der Waals surface area contributed by atoms with Gasteiger partial charge in [-0.2, -0.15) is 0 Å². The lowest BCUT2D eigenvalue weighted by molar-refractivity contribution is -0.145. The predicted molar refractivity (Wildman–Crippen MR) is 63.7 cm³/mol. The van der Waals surface area contributed by atoms with Crippen LogP contribution >= 0.6 is 27.7 Å². The maximum absolute atomic E-state index is 11.5. The smallest absolute Gasteiger partial charge is 0.352 e. The van der Waals surface area contributed by atoms with E-state index in [2.05, 4.69) is 15.9 Å². The van der Waals surface area contributed by atoms with E-state index in [4.69, 9.17) is 5.11 Å². The molecule has 0 spiro atoms. The number of carbonyl (C=O) groups excluding carboxylic acids is 2. The largest absolute Gasteiger partial charge is 0.477 e. The van der Waals surface area contributed by atoms with E-state index >= 15 is 0 Å². The highest BCUT2D eigenvalue weighted by Gasteiger charge is 2.49. The van der Waals surface area contributed by atoms with E-state index in [0.717, 1.165) is 16.7 Å². The molecular formula is C9H10BrNO4S. The van der Waals surface area contributed by atoms with Gasteiger partial charge in [-0.25, -0.2) is 4.79 Å². The summed E-state index contributed by atoms with van der Waals surface area (Å²) in [5.41, 5.74) is 1.07. The van der Waals surface area contributed by atoms with Crippen LogP contribution in [-0.4, -0.2) is 37.7 Å². The Morgan fingerprint density at radius 3 is 2.50 bits per heavy atom. The van der Waals surface area contributed by atoms with Gasteiger partial charge in [0.15, 0.2) is 5.62 Å². The number of alkyl halides is 1. The average molecular weight is 308 g/mol. The Bertz CT molecular complexity index is 378. The number of nitrogens with zero attached hydrogens (tertiary/aromatic N) is 1. The monoisotopic (exact) mass is 307 g/mol. The van der Waals surface area contributed by atoms with E-state index < -0.39 is 16.2 Å². The van der Waals surface area contributed by atoms with Crippen LogP contribution in [0.25, 0.3) is 0 Å². The van der Waals surface area contributed by atoms with Gasteiger partial charge < -0.3 is 5.11 Å². The molecule has 1 aliphatic rings. The van der Waals surface area contributed by atoms with E-state index in [-0.39, 0.29) is 11.6 Å². The quantitative estimate of drug-likeness (QED) is 0.366. The van der Waals surface area contributed by atoms with Crippen molar-refractivity contribution in [3.8, 4) is 0 Å². The lowest BCUT2D eigenvalue weighted by Crippen LogP contribution is -2.60. The van der Waals surface area contributed by atoms with Gasteiger partial charge in [0, 0.05) is 0 Å². The van der Waals surface area contributed by atoms with Crippen LogP contribution in [0.4, 0.5) is 0 Å². The second-order valence-electron chi connectivity index (χ2n) is 3.39. The minimum Gasteiger partial charge on any atom is -0.477 e. The van der Waals surface area contributed by atoms with E-state index in [1.807, 2.05) is 0 Å². The van der Waals surface area contributed by atoms with Crippen molar-refractivity contribution in [2.24, 2.45) is 0 Å². The Hall–Kier alpha value is -0.820. The highest BCUT2D eigenvalue weighted by atomic mass is 79.9. The molecule has 0 radical (unpaired) electrons. The summed E-state index contributed by atoms with van der Waals surface area (Å²) in [6.45, 7) is 3.22. The van der Waals surface area contributed by atoms with Crippen LogP contribution in [0.1, 0.15) is 13.8 Å². The van der Waals surface area contributed by atoms with Crippen LogP contribution < -0.4 is 0 Å². The lowest BCUT2D eigenvalue weighted by Gasteiger charge is -2.43. The molecule has 0 bridgehead atoms. The number of likely N-dealkylation sites (tertiary alicyclic amines) is 1. The number of aliphatic carboxylic acids is 1. The first kappa shape index (κ1) is 13.2. The number of thioether (sulfide) groups is 1. The summed E-state index contributed by atoms with van der Waals surface area (Å²) in [6, 6.07) is 0. The first-order valence-electron chi connectivity index (χ1n) is 4.38. The second kappa shape index (κ2) is 5.01. The van der Waals surface area contributed by atoms with E-state index in [0.29, 0.717) is 11.2 Å². The fraction of sp³-hybridized carbons (Fsp3) is 0.444. The van der Waals surface area contributed by atoms with Gasteiger partial charge in [-0.05, 0) is 19.4 Å². The van der Waals surface area contributed by atoms with Crippen LogP contribution in [0.15, 0.2) is 11.3 Å². The highest BCUT2D eigenvalue weighted by Crippen LogP contribution is 2.37. The minimum atomic E-state index is -1.16. The van der Waals surface area contributed by atoms with Crippen LogP contribution in [-0.2, 0) is 14.4 Å². The molecule has 0 aliphatic carbocycles. The summed E-state index contributed by atoms with van der Waals surface area (Å²) in [4.78, 5) is 33.6. The summed E-state index contributed by atoms with van der Waals surface area (Å²) < 4.78 is 0. The van der Waals surface area contributed by atoms with Gasteiger partial charge in [-0.3, -0.25) is 14.5 Å². The number of hydrogen-bond acceptors (Lipinski definition) is 4. The number of amides is 1. The molecule has 7 heteroatoms. The molecule has 1 aliphatic heterocycles. The van der Waals surface area contributed by atoms with E-state index in [1.165, 1.54) is 0 Å². The number of rotatable bonds is 4. The van der Waals surface area contributed by atoms with Crippen molar-refractivity contribution in [3.05, 3.63) is 11.3 Å². The van der Waals surface area contributed by atoms with Gasteiger partial charge in [0.2, 0.25) is 5.91 Å². The van der Waals surface area contributed by atoms with Crippen LogP contribution in [0.5, 0.6) is 0 Å². The fourth-order valence-corrected chi connectivity index (χ4v) is 2.94. The number of allylic oxidation sites excluding steroid dienone is 1. The minimum absolute atomic E-state index is 0.0555. The molecule has 1 heterocycles. The van der Waals surface area contributed by atoms with E-state index in [1.54, 1.807) is 13.8 Å². The molecule has 0 saturated carbocycles. The first-order chi connectivity index (χ1) is 7.41. The topological polar surface area (TPSA) is 74.7 Å². The molecule has 16 heavy (non-hydrogen) atoms. The summed E-state index contributed by atoms with van der Waals surface area (Å²) in [6.07, 6.45) is 0. The van der Waals surface area contributed by atoms with Crippen molar-refractivity contribution in [1.29, 1.82) is 0 Å². The number of carboxylic acids is 1. The zero-order chi connectivity index (χ0) is 12.5. The molecule has 0 aromatic rings. The summed E-state index contributed by atoms with van der Waals surface area (Å²) in [5.74, 6) is -1.50. The third-order valence-electron chi connectivity index (χ3n) is 2.09. The molecule has 0 unspecified atom stereocenters. The summed E-state index contributed by atoms with van der Waals surface area (Å²) in [7, 11) is 0. The lowest BCUT2D eigenvalue weighted by atomic mass is 10.1. The zero-order valence-electron chi connectivity index (χ0n) is 8.64. The zero-order valence-corrected chi connectivity index (χ0v) is 11.0. The number of β-lactam (4-membered cyclic amide) rings is 1. The Morgan fingerprint density at radius 2 is 2.12 bits per heavy atom. The van der Waals surface area contributed by atoms with Crippen molar-refractivity contribution in [1.82, 2.24) is 4.90 Å². The highest BCUT2D eigenvalue weighted by molar-refractivity contribution is 9.10. The molecule has 5 nitrogen and oxygen atoms in total. The first-order valence-corrected chi connectivity index (χ1v) is 6.24. The summed E-state index contributed by atoms with van der Waals surface area (Å²) >= 11 is 3.99. The molecule has 1 rings (SSSR count). The third kappa shape index (κ3) is 2.15. The Morgan fingerprint density at radius 1 is 1.56 bits per heavy atom. The van der Waals surface area contributed by atoms with Gasteiger partial charge in [-0.15, -0.1) is 0 Å². The van der Waals surface area contributed by atoms with Gasteiger partial charge in [0.25, 0.3) is 0 Å². The average Bonchev–Trinajstić information content (AvgIpc) is 2.21. The SMILES string of the molecule is CC(C)=C(C(=O)O)N1C(=O)[C@H](Br)[C@H]1SC=O. The van der Waals surface area contributed by atoms with Gasteiger partial charge >= 0.3 is 5.97 Å². The predicted octanol–water partition coefficient (Wildman–Crippen LogP) is 1.22. The normalized spacial score (nSPS) is 23.7. The van der Waals surface area contributed by atoms with Crippen molar-refractivity contribution >= 4 is 45.2 Å². The molecule has 1 N–H and O–H groups in total. The molecule has 2 atom stereocenters. The van der Waals surface area contributed by atoms with Gasteiger partial charge in [-0.1, -0.05) is 27.7 Å². The Labute approximate surface area is 105 Å². The molecule has 1 amide bonds. The molecule has 88 valence electrons. The van der Waals surface area contributed by atoms with Gasteiger partial charge in [0.1, 0.15) is 15.9 Å². The molecule has 1 fully saturated rings. The fourth-order valence-electron chi connectivity index (χ4n) is 1.41. The van der Waals surface area contributed by atoms with Crippen LogP contribution in [0, 0.1) is 0 Å². The van der Waals surface area contributed by atoms with Crippen LogP contribution in [0.3, 0.4) is 0 Å². The Kier molecular flexibility index (Phi) is 4.15. The Balaban J connectivity index is 3.02. The molecule has 0 aromatic heterocycles. The second-order valence-corrected chi connectivity index (χ2v) is 5.32. The van der Waals surface area contributed by atoms with Crippen molar-refractivity contribution < 1.29 is 19.5 Å². The van der Waals surface area contributed by atoms with E-state index in [9.17, 15) is 14.4 Å². The maximum atomic E-state index is 11.5. The molecular weight excluding hydrogens is 298 g/mol. The van der Waals surface area contributed by atoms with Crippen molar-refractivity contribution in [2.45, 2.75) is 24.0 Å².